The Labute approximate surface area is 165 Å². The van der Waals surface area contributed by atoms with Crippen LogP contribution in [0.2, 0.25) is 0 Å². The predicted molar refractivity (Wildman–Crippen MR) is 106 cm³/mol. The van der Waals surface area contributed by atoms with E-state index in [1.807, 2.05) is 0 Å². The van der Waals surface area contributed by atoms with Gasteiger partial charge in [0.25, 0.3) is 11.8 Å². The maximum atomic E-state index is 12.2. The number of esters is 1. The zero-order valence-corrected chi connectivity index (χ0v) is 16.4. The topological polar surface area (TPSA) is 117 Å². The highest BCUT2D eigenvalue weighted by molar-refractivity contribution is 7.14. The highest BCUT2D eigenvalue weighted by Gasteiger charge is 2.19. The molecular formula is C19H20N2O6S. The van der Waals surface area contributed by atoms with Crippen molar-refractivity contribution in [3.8, 4) is 11.5 Å². The van der Waals surface area contributed by atoms with Crippen LogP contribution in [-0.4, -0.2) is 38.1 Å². The Balaban J connectivity index is 1.98. The zero-order valence-electron chi connectivity index (χ0n) is 15.6. The molecule has 0 aliphatic carbocycles. The number of thiophene rings is 1. The van der Waals surface area contributed by atoms with Gasteiger partial charge in [0.1, 0.15) is 16.5 Å². The number of rotatable bonds is 8. The second-order valence-electron chi connectivity index (χ2n) is 5.58. The van der Waals surface area contributed by atoms with Crippen LogP contribution in [0.4, 0.5) is 5.00 Å². The maximum absolute atomic E-state index is 12.2. The monoisotopic (exact) mass is 404 g/mol. The van der Waals surface area contributed by atoms with E-state index in [1.165, 1.54) is 39.4 Å². The van der Waals surface area contributed by atoms with Crippen LogP contribution < -0.4 is 20.5 Å². The fourth-order valence-electron chi connectivity index (χ4n) is 2.17. The summed E-state index contributed by atoms with van der Waals surface area (Å²) in [5.74, 6) is -0.791. The summed E-state index contributed by atoms with van der Waals surface area (Å²) in [4.78, 5) is 35.5. The number of hydrogen-bond donors (Lipinski definition) is 2. The molecule has 1 heterocycles. The molecule has 28 heavy (non-hydrogen) atoms. The molecule has 0 bridgehead atoms. The highest BCUT2D eigenvalue weighted by Crippen LogP contribution is 2.24. The first-order valence-corrected chi connectivity index (χ1v) is 9.02. The van der Waals surface area contributed by atoms with E-state index >= 15 is 0 Å². The van der Waals surface area contributed by atoms with Gasteiger partial charge in [-0.2, -0.15) is 0 Å². The first-order chi connectivity index (χ1) is 13.3. The Morgan fingerprint density at radius 1 is 1.14 bits per heavy atom. The second kappa shape index (κ2) is 9.56. The van der Waals surface area contributed by atoms with E-state index in [1.54, 1.807) is 23.6 Å². The fraction of sp³-hybridized carbons (Fsp3) is 0.211. The minimum absolute atomic E-state index is 0.198. The Bertz CT molecular complexity index is 883. The zero-order chi connectivity index (χ0) is 20.7. The van der Waals surface area contributed by atoms with Gasteiger partial charge >= 0.3 is 5.97 Å². The molecule has 2 amide bonds. The number of nitrogens with two attached hydrogens (primary N) is 1. The number of carbonyl (C=O) groups excluding carboxylic acids is 3. The number of carbonyl (C=O) groups is 3. The summed E-state index contributed by atoms with van der Waals surface area (Å²) < 4.78 is 15.4. The van der Waals surface area contributed by atoms with Crippen LogP contribution in [0.3, 0.4) is 0 Å². The van der Waals surface area contributed by atoms with Gasteiger partial charge in [0, 0.05) is 12.1 Å². The molecule has 2 aromatic rings. The SMILES string of the molecule is COc1cc(/C=C/C(=O)O[C@H](C)C(=O)Nc2sccc2C(N)=O)cc(OC)c1. The largest absolute Gasteiger partial charge is 0.497 e. The number of primary amides is 1. The van der Waals surface area contributed by atoms with Crippen LogP contribution in [0.25, 0.3) is 6.08 Å². The molecule has 3 N–H and O–H groups in total. The minimum Gasteiger partial charge on any atom is -0.497 e. The van der Waals surface area contributed by atoms with Gasteiger partial charge in [-0.15, -0.1) is 11.3 Å². The standard InChI is InChI=1S/C19H20N2O6S/c1-11(18(24)21-19-15(17(20)23)6-7-28-19)27-16(22)5-4-12-8-13(25-2)10-14(9-12)26-3/h4-11H,1-3H3,(H2,20,23)(H,21,24)/b5-4+/t11-/m1/s1. The molecule has 1 aromatic carbocycles. The summed E-state index contributed by atoms with van der Waals surface area (Å²) in [6, 6.07) is 6.63. The van der Waals surface area contributed by atoms with Crippen molar-refractivity contribution in [2.24, 2.45) is 5.73 Å². The molecule has 0 aliphatic heterocycles. The van der Waals surface area contributed by atoms with E-state index in [0.717, 1.165) is 11.3 Å². The third-order valence-electron chi connectivity index (χ3n) is 3.62. The lowest BCUT2D eigenvalue weighted by Gasteiger charge is -2.12. The van der Waals surface area contributed by atoms with Crippen LogP contribution >= 0.6 is 11.3 Å². The van der Waals surface area contributed by atoms with Crippen LogP contribution in [-0.2, 0) is 14.3 Å². The molecule has 0 unspecified atom stereocenters. The summed E-state index contributed by atoms with van der Waals surface area (Å²) in [5.41, 5.74) is 6.09. The molecule has 1 atom stereocenters. The van der Waals surface area contributed by atoms with Crippen LogP contribution in [0, 0.1) is 0 Å². The molecule has 2 rings (SSSR count). The van der Waals surface area contributed by atoms with Crippen molar-refractivity contribution in [1.82, 2.24) is 0 Å². The Morgan fingerprint density at radius 3 is 2.36 bits per heavy atom. The summed E-state index contributed by atoms with van der Waals surface area (Å²) in [6.07, 6.45) is 1.64. The normalized spacial score (nSPS) is 11.7. The molecule has 0 saturated heterocycles. The molecule has 1 aromatic heterocycles. The van der Waals surface area contributed by atoms with Crippen molar-refractivity contribution in [2.75, 3.05) is 19.5 Å². The van der Waals surface area contributed by atoms with E-state index < -0.39 is 23.9 Å². The van der Waals surface area contributed by atoms with Crippen molar-refractivity contribution in [3.05, 3.63) is 46.8 Å². The molecule has 0 radical (unpaired) electrons. The number of methoxy groups -OCH3 is 2. The quantitative estimate of drug-likeness (QED) is 0.516. The van der Waals surface area contributed by atoms with Crippen molar-refractivity contribution in [2.45, 2.75) is 13.0 Å². The smallest absolute Gasteiger partial charge is 0.331 e. The number of nitrogens with one attached hydrogen (secondary N) is 1. The van der Waals surface area contributed by atoms with E-state index in [9.17, 15) is 14.4 Å². The minimum atomic E-state index is -1.07. The lowest BCUT2D eigenvalue weighted by Crippen LogP contribution is -2.29. The number of benzene rings is 1. The predicted octanol–water partition coefficient (Wildman–Crippen LogP) is 2.45. The molecule has 0 spiro atoms. The van der Waals surface area contributed by atoms with Crippen molar-refractivity contribution >= 4 is 40.2 Å². The van der Waals surface area contributed by atoms with Crippen LogP contribution in [0.5, 0.6) is 11.5 Å². The maximum Gasteiger partial charge on any atom is 0.331 e. The molecular weight excluding hydrogens is 384 g/mol. The van der Waals surface area contributed by atoms with Gasteiger partial charge in [0.15, 0.2) is 6.10 Å². The lowest BCUT2D eigenvalue weighted by atomic mass is 10.2. The average molecular weight is 404 g/mol. The van der Waals surface area contributed by atoms with E-state index in [-0.39, 0.29) is 5.56 Å². The van der Waals surface area contributed by atoms with Crippen LogP contribution in [0.15, 0.2) is 35.7 Å². The summed E-state index contributed by atoms with van der Waals surface area (Å²) in [7, 11) is 3.04. The Kier molecular flexibility index (Phi) is 7.16. The molecule has 0 aliphatic rings. The highest BCUT2D eigenvalue weighted by atomic mass is 32.1. The van der Waals surface area contributed by atoms with Gasteiger partial charge in [-0.3, -0.25) is 9.59 Å². The van der Waals surface area contributed by atoms with Gasteiger partial charge < -0.3 is 25.3 Å². The molecule has 0 fully saturated rings. The first kappa shape index (κ1) is 21.0. The Hall–Kier alpha value is -3.33. The molecule has 8 nitrogen and oxygen atoms in total. The van der Waals surface area contributed by atoms with Crippen molar-refractivity contribution in [3.63, 3.8) is 0 Å². The third-order valence-corrected chi connectivity index (χ3v) is 4.45. The van der Waals surface area contributed by atoms with Gasteiger partial charge in [0.2, 0.25) is 0 Å². The average Bonchev–Trinajstić information content (AvgIpc) is 3.14. The van der Waals surface area contributed by atoms with E-state index in [4.69, 9.17) is 19.9 Å². The molecule has 148 valence electrons. The second-order valence-corrected chi connectivity index (χ2v) is 6.49. The molecule has 9 heteroatoms. The fourth-order valence-corrected chi connectivity index (χ4v) is 2.97. The van der Waals surface area contributed by atoms with E-state index in [2.05, 4.69) is 5.32 Å². The lowest BCUT2D eigenvalue weighted by molar-refractivity contribution is -0.148. The van der Waals surface area contributed by atoms with Gasteiger partial charge in [-0.1, -0.05) is 0 Å². The van der Waals surface area contributed by atoms with Gasteiger partial charge in [-0.05, 0) is 42.1 Å². The first-order valence-electron chi connectivity index (χ1n) is 8.14. The summed E-state index contributed by atoms with van der Waals surface area (Å²) in [5, 5.41) is 4.45. The van der Waals surface area contributed by atoms with Gasteiger partial charge in [-0.25, -0.2) is 4.79 Å². The van der Waals surface area contributed by atoms with Crippen molar-refractivity contribution in [1.29, 1.82) is 0 Å². The summed E-state index contributed by atoms with van der Waals surface area (Å²) >= 11 is 1.15. The van der Waals surface area contributed by atoms with Gasteiger partial charge in [0.05, 0.1) is 19.8 Å². The summed E-state index contributed by atoms with van der Waals surface area (Å²) in [6.45, 7) is 1.42. The number of hydrogen-bond acceptors (Lipinski definition) is 7. The number of anilines is 1. The third kappa shape index (κ3) is 5.58. The molecule has 0 saturated carbocycles. The van der Waals surface area contributed by atoms with Crippen LogP contribution in [0.1, 0.15) is 22.8 Å². The van der Waals surface area contributed by atoms with E-state index in [0.29, 0.717) is 22.1 Å². The van der Waals surface area contributed by atoms with Crippen molar-refractivity contribution < 1.29 is 28.6 Å². The number of amides is 2. The Morgan fingerprint density at radius 2 is 1.79 bits per heavy atom. The number of ether oxygens (including phenoxy) is 3.